The molecular formula is C6H14N2O. The quantitative estimate of drug-likeness (QED) is 0.408. The topological polar surface area (TPSA) is 47.3 Å². The van der Waals surface area contributed by atoms with E-state index in [9.17, 15) is 0 Å². The van der Waals surface area contributed by atoms with Crippen molar-refractivity contribution in [1.29, 1.82) is 0 Å². The van der Waals surface area contributed by atoms with Crippen molar-refractivity contribution in [2.45, 2.75) is 6.42 Å². The van der Waals surface area contributed by atoms with Gasteiger partial charge in [-0.3, -0.25) is 0 Å². The molecule has 3 nitrogen and oxygen atoms in total. The number of hydrogen-bond donors (Lipinski definition) is 2. The molecule has 3 N–H and O–H groups in total. The van der Waals surface area contributed by atoms with Crippen LogP contribution in [0, 0.1) is 0 Å². The van der Waals surface area contributed by atoms with Crippen LogP contribution in [0.3, 0.4) is 0 Å². The Bertz CT molecular complexity index is 83.1. The molecule has 0 aliphatic heterocycles. The van der Waals surface area contributed by atoms with E-state index in [1.807, 2.05) is 0 Å². The first-order chi connectivity index (χ1) is 4.31. The predicted octanol–water partition coefficient (Wildman–Crippen LogP) is 0.0424. The Balaban J connectivity index is 2.97. The van der Waals surface area contributed by atoms with Gasteiger partial charge in [0.15, 0.2) is 5.88 Å². The van der Waals surface area contributed by atoms with Gasteiger partial charge in [-0.1, -0.05) is 0 Å². The van der Waals surface area contributed by atoms with Crippen molar-refractivity contribution < 1.29 is 4.74 Å². The molecule has 0 fully saturated rings. The lowest BCUT2D eigenvalue weighted by Gasteiger charge is -2.05. The summed E-state index contributed by atoms with van der Waals surface area (Å²) < 4.78 is 5.05. The van der Waals surface area contributed by atoms with Gasteiger partial charge in [-0.2, -0.15) is 0 Å². The van der Waals surface area contributed by atoms with Gasteiger partial charge in [-0.25, -0.2) is 0 Å². The van der Waals surface area contributed by atoms with Crippen LogP contribution >= 0.6 is 0 Å². The van der Waals surface area contributed by atoms with Crippen LogP contribution < -0.4 is 11.1 Å². The Morgan fingerprint density at radius 2 is 2.44 bits per heavy atom. The largest absolute Gasteiger partial charge is 0.480 e. The zero-order valence-corrected chi connectivity index (χ0v) is 5.81. The van der Waals surface area contributed by atoms with Crippen LogP contribution in [0.25, 0.3) is 0 Å². The Morgan fingerprint density at radius 1 is 1.78 bits per heavy atom. The average Bonchev–Trinajstić information content (AvgIpc) is 1.89. The molecule has 0 aromatic heterocycles. The first-order valence-corrected chi connectivity index (χ1v) is 3.00. The van der Waals surface area contributed by atoms with Gasteiger partial charge in [0.05, 0.1) is 6.61 Å². The van der Waals surface area contributed by atoms with Gasteiger partial charge in [-0.15, -0.1) is 0 Å². The third-order valence-corrected chi connectivity index (χ3v) is 0.904. The van der Waals surface area contributed by atoms with Crippen LogP contribution in [0.2, 0.25) is 0 Å². The molecule has 0 radical (unpaired) electrons. The summed E-state index contributed by atoms with van der Waals surface area (Å²) in [6, 6.07) is 0. The molecule has 0 bridgehead atoms. The van der Waals surface area contributed by atoms with Gasteiger partial charge in [0.25, 0.3) is 0 Å². The highest BCUT2D eigenvalue weighted by atomic mass is 16.5. The lowest BCUT2D eigenvalue weighted by Crippen LogP contribution is -2.11. The zero-order valence-electron chi connectivity index (χ0n) is 5.81. The molecule has 9 heavy (non-hydrogen) atoms. The average molecular weight is 130 g/mol. The molecule has 0 spiro atoms. The summed E-state index contributed by atoms with van der Waals surface area (Å²) in [5, 5.41) is 2.77. The Labute approximate surface area is 55.9 Å². The summed E-state index contributed by atoms with van der Waals surface area (Å²) in [7, 11) is 1.77. The molecular weight excluding hydrogens is 116 g/mol. The minimum Gasteiger partial charge on any atom is -0.480 e. The maximum atomic E-state index is 5.23. The Kier molecular flexibility index (Phi) is 5.01. The molecule has 3 heteroatoms. The number of hydrogen-bond acceptors (Lipinski definition) is 3. The van der Waals surface area contributed by atoms with Crippen molar-refractivity contribution in [3.63, 3.8) is 0 Å². The SMILES string of the molecule is C=C(NC)OCCCN. The van der Waals surface area contributed by atoms with Gasteiger partial charge in [0, 0.05) is 7.05 Å². The molecule has 0 saturated carbocycles. The van der Waals surface area contributed by atoms with Crippen LogP contribution in [0.1, 0.15) is 6.42 Å². The Morgan fingerprint density at radius 3 is 2.89 bits per heavy atom. The number of nitrogens with one attached hydrogen (secondary N) is 1. The monoisotopic (exact) mass is 130 g/mol. The summed E-state index contributed by atoms with van der Waals surface area (Å²) in [6.45, 7) is 4.88. The van der Waals surface area contributed by atoms with E-state index in [0.717, 1.165) is 6.42 Å². The minimum absolute atomic E-state index is 0.600. The molecule has 0 aromatic carbocycles. The fraction of sp³-hybridized carbons (Fsp3) is 0.667. The molecule has 0 aliphatic carbocycles. The van der Waals surface area contributed by atoms with E-state index in [0.29, 0.717) is 19.0 Å². The van der Waals surface area contributed by atoms with Crippen molar-refractivity contribution in [1.82, 2.24) is 5.32 Å². The molecule has 54 valence electrons. The minimum atomic E-state index is 0.600. The highest BCUT2D eigenvalue weighted by Crippen LogP contribution is 1.86. The van der Waals surface area contributed by atoms with Crippen LogP contribution in [-0.2, 0) is 4.74 Å². The molecule has 0 unspecified atom stereocenters. The van der Waals surface area contributed by atoms with Crippen molar-refractivity contribution >= 4 is 0 Å². The second-order valence-electron chi connectivity index (χ2n) is 1.66. The molecule has 0 saturated heterocycles. The van der Waals surface area contributed by atoms with E-state index >= 15 is 0 Å². The van der Waals surface area contributed by atoms with E-state index < -0.39 is 0 Å². The van der Waals surface area contributed by atoms with Crippen molar-refractivity contribution in [3.8, 4) is 0 Å². The van der Waals surface area contributed by atoms with Crippen LogP contribution in [0.15, 0.2) is 12.5 Å². The second kappa shape index (κ2) is 5.44. The van der Waals surface area contributed by atoms with Crippen molar-refractivity contribution in [2.75, 3.05) is 20.2 Å². The molecule has 0 aliphatic rings. The van der Waals surface area contributed by atoms with Gasteiger partial charge in [-0.05, 0) is 19.5 Å². The van der Waals surface area contributed by atoms with Gasteiger partial charge >= 0.3 is 0 Å². The molecule has 0 rings (SSSR count). The zero-order chi connectivity index (χ0) is 7.11. The maximum Gasteiger partial charge on any atom is 0.178 e. The summed E-state index contributed by atoms with van der Waals surface area (Å²) in [5.41, 5.74) is 5.23. The van der Waals surface area contributed by atoms with E-state index in [1.165, 1.54) is 0 Å². The van der Waals surface area contributed by atoms with E-state index in [4.69, 9.17) is 10.5 Å². The van der Waals surface area contributed by atoms with Crippen LogP contribution in [0.5, 0.6) is 0 Å². The Hall–Kier alpha value is -0.700. The number of nitrogens with two attached hydrogens (primary N) is 1. The maximum absolute atomic E-state index is 5.23. The lowest BCUT2D eigenvalue weighted by molar-refractivity contribution is 0.195. The van der Waals surface area contributed by atoms with Crippen molar-refractivity contribution in [3.05, 3.63) is 12.5 Å². The highest BCUT2D eigenvalue weighted by Gasteiger charge is 1.86. The van der Waals surface area contributed by atoms with Gasteiger partial charge in [0.2, 0.25) is 0 Å². The first kappa shape index (κ1) is 8.30. The van der Waals surface area contributed by atoms with Crippen LogP contribution in [0.4, 0.5) is 0 Å². The fourth-order valence-electron chi connectivity index (χ4n) is 0.351. The van der Waals surface area contributed by atoms with Crippen LogP contribution in [-0.4, -0.2) is 20.2 Å². The number of ether oxygens (including phenoxy) is 1. The summed E-state index contributed by atoms with van der Waals surface area (Å²) in [5.74, 6) is 0.600. The van der Waals surface area contributed by atoms with E-state index in [2.05, 4.69) is 11.9 Å². The second-order valence-corrected chi connectivity index (χ2v) is 1.66. The summed E-state index contributed by atoms with van der Waals surface area (Å²) in [6.07, 6.45) is 0.876. The summed E-state index contributed by atoms with van der Waals surface area (Å²) in [4.78, 5) is 0. The van der Waals surface area contributed by atoms with E-state index in [1.54, 1.807) is 7.05 Å². The molecule has 0 aromatic rings. The van der Waals surface area contributed by atoms with Gasteiger partial charge in [0.1, 0.15) is 0 Å². The number of rotatable bonds is 5. The first-order valence-electron chi connectivity index (χ1n) is 3.00. The molecule has 0 heterocycles. The highest BCUT2D eigenvalue weighted by molar-refractivity contribution is 4.75. The summed E-state index contributed by atoms with van der Waals surface area (Å²) >= 11 is 0. The lowest BCUT2D eigenvalue weighted by atomic mass is 10.5. The standard InChI is InChI=1S/C6H14N2O/c1-6(8-2)9-5-3-4-7/h8H,1,3-5,7H2,2H3. The third kappa shape index (κ3) is 5.17. The fourth-order valence-corrected chi connectivity index (χ4v) is 0.351. The van der Waals surface area contributed by atoms with Gasteiger partial charge < -0.3 is 15.8 Å². The smallest absolute Gasteiger partial charge is 0.178 e. The normalized spacial score (nSPS) is 8.67. The molecule has 0 atom stereocenters. The van der Waals surface area contributed by atoms with E-state index in [-0.39, 0.29) is 0 Å². The van der Waals surface area contributed by atoms with Crippen molar-refractivity contribution in [2.24, 2.45) is 5.73 Å². The third-order valence-electron chi connectivity index (χ3n) is 0.904. The molecule has 0 amide bonds. The predicted molar refractivity (Wildman–Crippen MR) is 37.8 cm³/mol.